The molecule has 0 aromatic carbocycles. The third-order valence-corrected chi connectivity index (χ3v) is 9.71. The molecule has 0 amide bonds. The predicted octanol–water partition coefficient (Wildman–Crippen LogP) is 2.47. The van der Waals surface area contributed by atoms with E-state index < -0.39 is 16.2 Å². The van der Waals surface area contributed by atoms with Gasteiger partial charge in [0.05, 0.1) is 0 Å². The van der Waals surface area contributed by atoms with Crippen molar-refractivity contribution in [3.63, 3.8) is 0 Å². The van der Waals surface area contributed by atoms with Crippen LogP contribution in [0.2, 0.25) is 14.9 Å². The van der Waals surface area contributed by atoms with Gasteiger partial charge >= 0.3 is 77.0 Å². The Kier molecular flexibility index (Phi) is 7.65. The van der Waals surface area contributed by atoms with Crippen LogP contribution in [0.1, 0.15) is 20.8 Å². The molecule has 66 valence electrons. The van der Waals surface area contributed by atoms with Gasteiger partial charge in [-0.25, -0.2) is 0 Å². The molecule has 2 heteroatoms. The molecule has 0 saturated heterocycles. The van der Waals surface area contributed by atoms with E-state index in [1.165, 1.54) is 23.0 Å². The van der Waals surface area contributed by atoms with Crippen LogP contribution < -0.4 is 0 Å². The summed E-state index contributed by atoms with van der Waals surface area (Å²) >= 11 is -0.742. The molecule has 0 aliphatic heterocycles. The molecule has 0 aliphatic rings. The molecule has 0 unspecified atom stereocenters. The van der Waals surface area contributed by atoms with Crippen LogP contribution in [0.15, 0.2) is 0 Å². The third-order valence-electron chi connectivity index (χ3n) is 2.61. The molecule has 11 heavy (non-hydrogen) atoms. The molecule has 0 spiro atoms. The van der Waals surface area contributed by atoms with E-state index >= 15 is 0 Å². The standard InChI is InChI=1S/C5H12N.2C2H5.Ga/c1-4-6(3)5-2;2*1-2;/h1,4-5H2,2-3H3;2*1H2,2H3;. The van der Waals surface area contributed by atoms with E-state index in [1.807, 2.05) is 0 Å². The molecule has 0 atom stereocenters. The van der Waals surface area contributed by atoms with Gasteiger partial charge in [0.1, 0.15) is 0 Å². The molecule has 1 nitrogen and oxygen atoms in total. The summed E-state index contributed by atoms with van der Waals surface area (Å²) in [5.74, 6) is 0. The van der Waals surface area contributed by atoms with Gasteiger partial charge in [-0.05, 0) is 0 Å². The van der Waals surface area contributed by atoms with E-state index in [9.17, 15) is 0 Å². The summed E-state index contributed by atoms with van der Waals surface area (Å²) < 4.78 is 0. The van der Waals surface area contributed by atoms with Crippen LogP contribution in [0.4, 0.5) is 0 Å². The van der Waals surface area contributed by atoms with Gasteiger partial charge in [-0.1, -0.05) is 0 Å². The Hall–Kier alpha value is 0.596. The zero-order valence-corrected chi connectivity index (χ0v) is 11.0. The molecule has 0 N–H and O–H groups in total. The van der Waals surface area contributed by atoms with Crippen LogP contribution in [0.25, 0.3) is 0 Å². The van der Waals surface area contributed by atoms with Crippen LogP contribution in [-0.4, -0.2) is 41.3 Å². The van der Waals surface area contributed by atoms with Gasteiger partial charge in [0.25, 0.3) is 0 Å². The summed E-state index contributed by atoms with van der Waals surface area (Å²) in [6.45, 7) is 9.55. The molecule has 0 saturated carbocycles. The second-order valence-electron chi connectivity index (χ2n) is 3.37. The van der Waals surface area contributed by atoms with Crippen molar-refractivity contribution in [1.82, 2.24) is 4.90 Å². The summed E-state index contributed by atoms with van der Waals surface area (Å²) in [5, 5.41) is 0. The second-order valence-corrected chi connectivity index (χ2v) is 11.6. The number of nitrogens with zero attached hydrogens (tertiary/aromatic N) is 1. The van der Waals surface area contributed by atoms with E-state index in [4.69, 9.17) is 0 Å². The molecule has 0 bridgehead atoms. The monoisotopic (exact) mass is 213 g/mol. The van der Waals surface area contributed by atoms with Gasteiger partial charge in [-0.15, -0.1) is 0 Å². The molecule has 0 aromatic rings. The van der Waals surface area contributed by atoms with Crippen molar-refractivity contribution >= 4 is 16.2 Å². The SMILES string of the molecule is CCN(C)C[CH2][Ga]([CH2]C)[CH2]C. The molecular formula is C9H22GaN. The summed E-state index contributed by atoms with van der Waals surface area (Å²) in [7, 11) is 2.23. The summed E-state index contributed by atoms with van der Waals surface area (Å²) in [6, 6.07) is 0. The number of hydrogen-bond donors (Lipinski definition) is 0. The fraction of sp³-hybridized carbons (Fsp3) is 1.00. The number of hydrogen-bond acceptors (Lipinski definition) is 1. The Balaban J connectivity index is 3.34. The molecular weight excluding hydrogens is 192 g/mol. The van der Waals surface area contributed by atoms with E-state index in [0.29, 0.717) is 0 Å². The quantitative estimate of drug-likeness (QED) is 0.614. The molecule has 0 aliphatic carbocycles. The van der Waals surface area contributed by atoms with Crippen molar-refractivity contribution in [3.05, 3.63) is 0 Å². The Morgan fingerprint density at radius 3 is 2.00 bits per heavy atom. The molecule has 0 fully saturated rings. The maximum atomic E-state index is 2.43. The first-order valence-corrected chi connectivity index (χ1v) is 10.1. The zero-order chi connectivity index (χ0) is 8.69. The second kappa shape index (κ2) is 7.26. The van der Waals surface area contributed by atoms with Crippen molar-refractivity contribution in [3.8, 4) is 0 Å². The van der Waals surface area contributed by atoms with Crippen molar-refractivity contribution in [2.24, 2.45) is 0 Å². The maximum absolute atomic E-state index is 2.43. The summed E-state index contributed by atoms with van der Waals surface area (Å²) in [6.07, 6.45) is 0. The molecule has 0 aromatic heterocycles. The molecule has 0 rings (SSSR count). The van der Waals surface area contributed by atoms with Crippen molar-refractivity contribution in [1.29, 1.82) is 0 Å². The normalized spacial score (nSPS) is 10.6. The van der Waals surface area contributed by atoms with Crippen LogP contribution in [0.3, 0.4) is 0 Å². The first kappa shape index (κ1) is 11.6. The van der Waals surface area contributed by atoms with Gasteiger partial charge in [0, 0.05) is 0 Å². The summed E-state index contributed by atoms with van der Waals surface area (Å²) in [5.41, 5.74) is 0. The average molecular weight is 214 g/mol. The Labute approximate surface area is 77.2 Å². The number of rotatable bonds is 6. The zero-order valence-electron chi connectivity index (χ0n) is 8.56. The Bertz CT molecular complexity index is 81.6. The fourth-order valence-corrected chi connectivity index (χ4v) is 5.87. The first-order chi connectivity index (χ1) is 5.24. The van der Waals surface area contributed by atoms with Crippen molar-refractivity contribution in [2.75, 3.05) is 20.1 Å². The Morgan fingerprint density at radius 1 is 1.09 bits per heavy atom. The van der Waals surface area contributed by atoms with Crippen LogP contribution in [-0.2, 0) is 0 Å². The van der Waals surface area contributed by atoms with Gasteiger partial charge < -0.3 is 0 Å². The van der Waals surface area contributed by atoms with Crippen molar-refractivity contribution in [2.45, 2.75) is 35.7 Å². The predicted molar refractivity (Wildman–Crippen MR) is 54.7 cm³/mol. The topological polar surface area (TPSA) is 3.24 Å². The van der Waals surface area contributed by atoms with E-state index in [2.05, 4.69) is 32.7 Å². The van der Waals surface area contributed by atoms with E-state index in [0.717, 1.165) is 0 Å². The van der Waals surface area contributed by atoms with E-state index in [1.54, 1.807) is 4.98 Å². The summed E-state index contributed by atoms with van der Waals surface area (Å²) in [4.78, 5) is 7.05. The van der Waals surface area contributed by atoms with Gasteiger partial charge in [0.15, 0.2) is 0 Å². The van der Waals surface area contributed by atoms with Crippen molar-refractivity contribution < 1.29 is 0 Å². The van der Waals surface area contributed by atoms with Crippen LogP contribution in [0, 0.1) is 0 Å². The van der Waals surface area contributed by atoms with Gasteiger partial charge in [-0.3, -0.25) is 0 Å². The minimum atomic E-state index is -0.742. The minimum absolute atomic E-state index is 0.742. The van der Waals surface area contributed by atoms with Gasteiger partial charge in [0.2, 0.25) is 0 Å². The molecule has 0 radical (unpaired) electrons. The molecule has 0 heterocycles. The average Bonchev–Trinajstić information content (AvgIpc) is 2.06. The fourth-order valence-electron chi connectivity index (χ4n) is 1.26. The third kappa shape index (κ3) is 5.82. The van der Waals surface area contributed by atoms with Crippen LogP contribution >= 0.6 is 0 Å². The Morgan fingerprint density at radius 2 is 1.64 bits per heavy atom. The van der Waals surface area contributed by atoms with Crippen LogP contribution in [0.5, 0.6) is 0 Å². The first-order valence-electron chi connectivity index (χ1n) is 4.93. The van der Waals surface area contributed by atoms with Gasteiger partial charge in [-0.2, -0.15) is 0 Å². The van der Waals surface area contributed by atoms with E-state index in [-0.39, 0.29) is 0 Å².